The third kappa shape index (κ3) is 6.84. The third-order valence-electron chi connectivity index (χ3n) is 7.92. The van der Waals surface area contributed by atoms with Crippen LogP contribution in [0.1, 0.15) is 24.0 Å². The molecule has 1 saturated heterocycles. The molecule has 3 heterocycles. The summed E-state index contributed by atoms with van der Waals surface area (Å²) in [4.78, 5) is 42.6. The largest absolute Gasteiger partial charge is 0.493 e. The number of piperidine rings is 1. The first-order valence-electron chi connectivity index (χ1n) is 14.6. The molecule has 2 aliphatic rings. The van der Waals surface area contributed by atoms with E-state index in [1.165, 1.54) is 41.7 Å². The Bertz CT molecular complexity index is 1960. The number of aryl methyl sites for hydroxylation is 1. The van der Waals surface area contributed by atoms with Crippen LogP contribution in [0.2, 0.25) is 0 Å². The standard InChI is InChI=1S/C31H32FN5O8S/c1-43-27-6-2-18-3-7-29(38)33-15-19-10-20(32)13-21(11-19)45-26-8-9-37(16-25(26)34-30(39)17-44-28(27)12-18)46(41,42)22-4-5-23-24(14-22)36-31(40)35-23/h2,4-6,10-14,25-26H,3,7-9,15-17H2,1H3,(H,33,38)(H,34,39)(H2,35,36,40)/t25-,26-/m1/s1. The van der Waals surface area contributed by atoms with Gasteiger partial charge in [0.1, 0.15) is 17.7 Å². The lowest BCUT2D eigenvalue weighted by molar-refractivity contribution is -0.125. The van der Waals surface area contributed by atoms with Crippen LogP contribution < -0.4 is 30.5 Å². The van der Waals surface area contributed by atoms with Gasteiger partial charge in [-0.2, -0.15) is 4.31 Å². The number of aromatic amines is 2. The average molecular weight is 654 g/mol. The molecule has 46 heavy (non-hydrogen) atoms. The van der Waals surface area contributed by atoms with Crippen LogP contribution in [-0.2, 0) is 32.6 Å². The van der Waals surface area contributed by atoms with Crippen molar-refractivity contribution in [2.45, 2.75) is 42.8 Å². The summed E-state index contributed by atoms with van der Waals surface area (Å²) in [6.07, 6.45) is -0.0191. The number of carbonyl (C=O) groups is 2. The van der Waals surface area contributed by atoms with E-state index in [4.69, 9.17) is 14.2 Å². The van der Waals surface area contributed by atoms with Crippen LogP contribution in [0.25, 0.3) is 11.0 Å². The number of fused-ring (bicyclic) bond motifs is 6. The molecular weight excluding hydrogens is 621 g/mol. The Balaban J connectivity index is 1.29. The number of nitrogens with one attached hydrogen (secondary N) is 4. The van der Waals surface area contributed by atoms with Crippen molar-refractivity contribution in [1.29, 1.82) is 0 Å². The zero-order chi connectivity index (χ0) is 32.4. The maximum absolute atomic E-state index is 14.6. The van der Waals surface area contributed by atoms with Crippen molar-refractivity contribution in [1.82, 2.24) is 24.9 Å². The van der Waals surface area contributed by atoms with Crippen molar-refractivity contribution in [2.75, 3.05) is 26.8 Å². The number of H-pyrrole nitrogens is 2. The van der Waals surface area contributed by atoms with E-state index in [-0.39, 0.29) is 49.0 Å². The third-order valence-corrected chi connectivity index (χ3v) is 9.78. The maximum atomic E-state index is 14.6. The number of sulfonamides is 1. The average Bonchev–Trinajstić information content (AvgIpc) is 3.41. The van der Waals surface area contributed by atoms with Gasteiger partial charge < -0.3 is 34.8 Å². The number of amides is 2. The molecule has 2 aliphatic heterocycles. The Morgan fingerprint density at radius 2 is 1.76 bits per heavy atom. The van der Waals surface area contributed by atoms with E-state index in [2.05, 4.69) is 20.6 Å². The van der Waals surface area contributed by atoms with Gasteiger partial charge in [-0.1, -0.05) is 6.07 Å². The number of nitrogens with zero attached hydrogens (tertiary/aromatic N) is 1. The van der Waals surface area contributed by atoms with Gasteiger partial charge in [-0.15, -0.1) is 0 Å². The molecule has 4 bridgehead atoms. The Morgan fingerprint density at radius 1 is 0.935 bits per heavy atom. The molecule has 1 fully saturated rings. The molecule has 3 aromatic carbocycles. The number of imidazole rings is 1. The van der Waals surface area contributed by atoms with Crippen LogP contribution in [-0.4, -0.2) is 73.5 Å². The van der Waals surface area contributed by atoms with Gasteiger partial charge in [-0.3, -0.25) is 9.59 Å². The molecule has 0 spiro atoms. The molecule has 4 aromatic rings. The number of carbonyl (C=O) groups excluding carboxylic acids is 2. The van der Waals surface area contributed by atoms with Gasteiger partial charge in [-0.05, 0) is 60.0 Å². The van der Waals surface area contributed by atoms with Crippen LogP contribution in [0.4, 0.5) is 4.39 Å². The van der Waals surface area contributed by atoms with Crippen molar-refractivity contribution in [3.8, 4) is 17.2 Å². The summed E-state index contributed by atoms with van der Waals surface area (Å²) >= 11 is 0. The lowest BCUT2D eigenvalue weighted by Gasteiger charge is -2.38. The molecule has 0 saturated carbocycles. The molecule has 0 unspecified atom stereocenters. The molecule has 1 aromatic heterocycles. The summed E-state index contributed by atoms with van der Waals surface area (Å²) in [5.41, 5.74) is 1.59. The van der Waals surface area contributed by atoms with Gasteiger partial charge in [0.2, 0.25) is 15.9 Å². The summed E-state index contributed by atoms with van der Waals surface area (Å²) in [6.45, 7) is -0.466. The highest BCUT2D eigenvalue weighted by atomic mass is 32.2. The fraction of sp³-hybridized carbons (Fsp3) is 0.323. The summed E-state index contributed by atoms with van der Waals surface area (Å²) in [6, 6.07) is 12.7. The smallest absolute Gasteiger partial charge is 0.323 e. The number of halogens is 1. The fourth-order valence-corrected chi connectivity index (χ4v) is 7.12. The summed E-state index contributed by atoms with van der Waals surface area (Å²) < 4.78 is 60.6. The quantitative estimate of drug-likeness (QED) is 0.260. The van der Waals surface area contributed by atoms with E-state index >= 15 is 0 Å². The van der Waals surface area contributed by atoms with Crippen molar-refractivity contribution in [3.63, 3.8) is 0 Å². The van der Waals surface area contributed by atoms with Crippen molar-refractivity contribution < 1.29 is 36.6 Å². The molecule has 0 aliphatic carbocycles. The minimum atomic E-state index is -4.06. The van der Waals surface area contributed by atoms with Gasteiger partial charge in [0.25, 0.3) is 5.91 Å². The highest BCUT2D eigenvalue weighted by molar-refractivity contribution is 7.89. The Labute approximate surface area is 263 Å². The number of methoxy groups -OCH3 is 1. The number of ether oxygens (including phenoxy) is 3. The molecule has 2 atom stereocenters. The van der Waals surface area contributed by atoms with Gasteiger partial charge in [0.05, 0.1) is 29.1 Å². The van der Waals surface area contributed by atoms with Crippen molar-refractivity contribution in [3.05, 3.63) is 82.0 Å². The number of hydrogen-bond acceptors (Lipinski definition) is 8. The predicted molar refractivity (Wildman–Crippen MR) is 164 cm³/mol. The molecule has 15 heteroatoms. The van der Waals surface area contributed by atoms with E-state index in [1.807, 2.05) is 0 Å². The molecule has 13 nitrogen and oxygen atoms in total. The number of aromatic nitrogens is 2. The second kappa shape index (κ2) is 12.8. The van der Waals surface area contributed by atoms with E-state index < -0.39 is 46.2 Å². The zero-order valence-electron chi connectivity index (χ0n) is 24.8. The lowest BCUT2D eigenvalue weighted by Crippen LogP contribution is -2.58. The van der Waals surface area contributed by atoms with E-state index in [0.717, 1.165) is 5.56 Å². The predicted octanol–water partition coefficient (Wildman–Crippen LogP) is 1.97. The van der Waals surface area contributed by atoms with Gasteiger partial charge >= 0.3 is 5.69 Å². The maximum Gasteiger partial charge on any atom is 0.323 e. The Morgan fingerprint density at radius 3 is 2.59 bits per heavy atom. The minimum absolute atomic E-state index is 0.0340. The zero-order valence-corrected chi connectivity index (χ0v) is 25.6. The van der Waals surface area contributed by atoms with Crippen LogP contribution >= 0.6 is 0 Å². The van der Waals surface area contributed by atoms with E-state index in [0.29, 0.717) is 34.5 Å². The molecule has 2 amide bonds. The Kier molecular flexibility index (Phi) is 8.69. The van der Waals surface area contributed by atoms with Gasteiger partial charge in [0, 0.05) is 38.5 Å². The molecular formula is C31H32FN5O8S. The second-order valence-corrected chi connectivity index (χ2v) is 13.1. The van der Waals surface area contributed by atoms with E-state index in [1.54, 1.807) is 24.3 Å². The number of benzene rings is 3. The van der Waals surface area contributed by atoms with Gasteiger partial charge in [0.15, 0.2) is 18.1 Å². The summed E-state index contributed by atoms with van der Waals surface area (Å²) in [5, 5.41) is 5.64. The van der Waals surface area contributed by atoms with Gasteiger partial charge in [-0.25, -0.2) is 17.6 Å². The summed E-state index contributed by atoms with van der Waals surface area (Å²) in [5.74, 6) is -0.482. The first-order chi connectivity index (χ1) is 22.1. The summed E-state index contributed by atoms with van der Waals surface area (Å²) in [7, 11) is -2.59. The van der Waals surface area contributed by atoms with E-state index in [9.17, 15) is 27.2 Å². The number of hydrogen-bond donors (Lipinski definition) is 4. The molecule has 0 radical (unpaired) electrons. The topological polar surface area (TPSA) is 172 Å². The molecule has 4 N–H and O–H groups in total. The highest BCUT2D eigenvalue weighted by Crippen LogP contribution is 2.30. The number of rotatable bonds is 3. The minimum Gasteiger partial charge on any atom is -0.493 e. The normalized spacial score (nSPS) is 19.9. The fourth-order valence-electron chi connectivity index (χ4n) is 5.61. The molecule has 6 rings (SSSR count). The van der Waals surface area contributed by atoms with Crippen LogP contribution in [0.5, 0.6) is 17.2 Å². The monoisotopic (exact) mass is 653 g/mol. The van der Waals surface area contributed by atoms with Crippen LogP contribution in [0.3, 0.4) is 0 Å². The lowest BCUT2D eigenvalue weighted by atomic mass is 10.0. The highest BCUT2D eigenvalue weighted by Gasteiger charge is 2.38. The second-order valence-electron chi connectivity index (χ2n) is 11.1. The first kappa shape index (κ1) is 31.1. The first-order valence-corrected chi connectivity index (χ1v) is 16.1. The Hall–Kier alpha value is -4.89. The van der Waals surface area contributed by atoms with Crippen molar-refractivity contribution >= 4 is 32.9 Å². The van der Waals surface area contributed by atoms with Crippen LogP contribution in [0, 0.1) is 5.82 Å². The van der Waals surface area contributed by atoms with Crippen LogP contribution in [0.15, 0.2) is 64.3 Å². The molecule has 242 valence electrons. The van der Waals surface area contributed by atoms with Crippen molar-refractivity contribution in [2.24, 2.45) is 0 Å². The SMILES string of the molecule is COc1ccc2cc1OCC(=O)N[C@@H]1CN(S(=O)(=O)c3ccc4[nH]c(=O)[nH]c4c3)CC[C@H]1Oc1cc(F)cc(c1)CNC(=O)CC2.